The number of halogens is 1. The Morgan fingerprint density at radius 2 is 1.61 bits per heavy atom. The first kappa shape index (κ1) is 37.5. The zero-order chi connectivity index (χ0) is 38.4. The van der Waals surface area contributed by atoms with Crippen LogP contribution in [0.1, 0.15) is 56.1 Å². The van der Waals surface area contributed by atoms with Crippen molar-refractivity contribution in [3.63, 3.8) is 0 Å². The third-order valence-electron chi connectivity index (χ3n) is 8.43. The molecule has 54 heavy (non-hydrogen) atoms. The van der Waals surface area contributed by atoms with E-state index in [4.69, 9.17) is 16.3 Å². The number of amides is 5. The molecule has 1 atom stereocenters. The Morgan fingerprint density at radius 3 is 2.31 bits per heavy atom. The number of tetrazole rings is 1. The van der Waals surface area contributed by atoms with E-state index >= 15 is 0 Å². The Kier molecular flexibility index (Phi) is 11.2. The van der Waals surface area contributed by atoms with Gasteiger partial charge in [0.2, 0.25) is 5.91 Å². The van der Waals surface area contributed by atoms with Gasteiger partial charge in [-0.15, -0.1) is 5.10 Å². The molecule has 0 radical (unpaired) electrons. The van der Waals surface area contributed by atoms with Gasteiger partial charge in [0.05, 0.1) is 11.4 Å². The lowest BCUT2D eigenvalue weighted by molar-refractivity contribution is -0.137. The second-order valence-corrected chi connectivity index (χ2v) is 14.2. The lowest BCUT2D eigenvalue weighted by Gasteiger charge is -2.26. The summed E-state index contributed by atoms with van der Waals surface area (Å²) in [5.74, 6) is -3.29. The first-order chi connectivity index (χ1) is 25.8. The highest BCUT2D eigenvalue weighted by Gasteiger charge is 2.27. The predicted octanol–water partition coefficient (Wildman–Crippen LogP) is 5.07. The highest BCUT2D eigenvalue weighted by Crippen LogP contribution is 2.25. The number of ether oxygens (including phenoxy) is 1. The number of aromatic nitrogens is 5. The van der Waals surface area contributed by atoms with Crippen LogP contribution in [0.2, 0.25) is 5.02 Å². The van der Waals surface area contributed by atoms with Crippen molar-refractivity contribution < 1.29 is 28.7 Å². The lowest BCUT2D eigenvalue weighted by Crippen LogP contribution is -2.49. The van der Waals surface area contributed by atoms with E-state index in [1.807, 2.05) is 0 Å². The summed E-state index contributed by atoms with van der Waals surface area (Å²) < 4.78 is 6.75. The van der Waals surface area contributed by atoms with Crippen molar-refractivity contribution in [1.82, 2.24) is 35.4 Å². The molecule has 0 saturated carbocycles. The summed E-state index contributed by atoms with van der Waals surface area (Å²) in [6.07, 6.45) is 4.33. The van der Waals surface area contributed by atoms with Crippen LogP contribution in [0, 0.1) is 0 Å². The van der Waals surface area contributed by atoms with Crippen LogP contribution in [0.3, 0.4) is 0 Å². The number of hydrogen-bond donors (Lipinski definition) is 5. The Morgan fingerprint density at radius 1 is 0.870 bits per heavy atom. The summed E-state index contributed by atoms with van der Waals surface area (Å²) in [4.78, 5) is 70.6. The van der Waals surface area contributed by atoms with Crippen molar-refractivity contribution in [2.75, 3.05) is 29.0 Å². The number of esters is 1. The zero-order valence-corrected chi connectivity index (χ0v) is 30.6. The quantitative estimate of drug-likeness (QED) is 0.100. The van der Waals surface area contributed by atoms with E-state index in [0.29, 0.717) is 46.6 Å². The monoisotopic (exact) mass is 754 g/mol. The fraction of sp³-hybridized carbons (Fsp3) is 0.297. The third kappa shape index (κ3) is 9.57. The van der Waals surface area contributed by atoms with Gasteiger partial charge in [0.15, 0.2) is 0 Å². The lowest BCUT2D eigenvalue weighted by atomic mass is 10.0. The summed E-state index contributed by atoms with van der Waals surface area (Å²) in [7, 11) is 0. The van der Waals surface area contributed by atoms with Gasteiger partial charge in [-0.2, -0.15) is 4.68 Å². The molecule has 0 aliphatic carbocycles. The van der Waals surface area contributed by atoms with Gasteiger partial charge in [-0.05, 0) is 111 Å². The summed E-state index contributed by atoms with van der Waals surface area (Å²) in [5, 5.41) is 22.8. The van der Waals surface area contributed by atoms with E-state index in [2.05, 4.69) is 41.8 Å². The van der Waals surface area contributed by atoms with Crippen LogP contribution in [-0.2, 0) is 25.5 Å². The van der Waals surface area contributed by atoms with E-state index in [-0.39, 0.29) is 28.9 Å². The molecule has 5 amide bonds. The van der Waals surface area contributed by atoms with Gasteiger partial charge in [0.25, 0.3) is 0 Å². The number of fused-ring (bicyclic) bond motifs is 1. The molecule has 1 fully saturated rings. The van der Waals surface area contributed by atoms with Crippen LogP contribution in [0.4, 0.5) is 21.9 Å². The highest BCUT2D eigenvalue weighted by molar-refractivity contribution is 6.40. The van der Waals surface area contributed by atoms with Crippen molar-refractivity contribution in [2.45, 2.75) is 58.1 Å². The molecule has 5 aromatic rings. The van der Waals surface area contributed by atoms with E-state index in [9.17, 15) is 24.0 Å². The number of benzene rings is 3. The molecule has 2 aromatic heterocycles. The van der Waals surface area contributed by atoms with Gasteiger partial charge in [-0.1, -0.05) is 23.7 Å². The number of carbonyl (C=O) groups is 5. The first-order valence-electron chi connectivity index (χ1n) is 17.3. The molecular weight excluding hydrogens is 716 g/mol. The van der Waals surface area contributed by atoms with E-state index < -0.39 is 35.3 Å². The number of aromatic amines is 1. The maximum Gasteiger partial charge on any atom is 0.355 e. The Balaban J connectivity index is 1.19. The topological polar surface area (TPSA) is 205 Å². The van der Waals surface area contributed by atoms with Gasteiger partial charge >= 0.3 is 23.8 Å². The number of urea groups is 1. The third-order valence-corrected chi connectivity index (χ3v) is 8.66. The minimum atomic E-state index is -1.23. The van der Waals surface area contributed by atoms with Crippen molar-refractivity contribution in [2.24, 2.45) is 0 Å². The first-order valence-corrected chi connectivity index (χ1v) is 17.7. The van der Waals surface area contributed by atoms with Crippen molar-refractivity contribution in [1.29, 1.82) is 0 Å². The number of hydrogen-bond acceptors (Lipinski definition) is 9. The Bertz CT molecular complexity index is 2170. The number of anilines is 3. The number of likely N-dealkylation sites (tertiary alicyclic amines) is 1. The van der Waals surface area contributed by atoms with Gasteiger partial charge in [-0.3, -0.25) is 14.4 Å². The number of H-pyrrole nitrogens is 1. The average Bonchev–Trinajstić information content (AvgIpc) is 3.83. The van der Waals surface area contributed by atoms with Crippen molar-refractivity contribution >= 4 is 69.3 Å². The average molecular weight is 755 g/mol. The van der Waals surface area contributed by atoms with E-state index in [0.717, 1.165) is 19.3 Å². The van der Waals surface area contributed by atoms with E-state index in [1.165, 1.54) is 17.1 Å². The summed E-state index contributed by atoms with van der Waals surface area (Å²) in [6, 6.07) is 16.7. The second-order valence-electron chi connectivity index (χ2n) is 13.8. The van der Waals surface area contributed by atoms with Gasteiger partial charge in [-0.25, -0.2) is 9.59 Å². The van der Waals surface area contributed by atoms with Crippen molar-refractivity contribution in [3.05, 3.63) is 89.3 Å². The number of nitrogens with zero attached hydrogens (tertiary/aromatic N) is 5. The molecule has 1 aliphatic heterocycles. The molecule has 280 valence electrons. The molecule has 3 aromatic carbocycles. The van der Waals surface area contributed by atoms with Gasteiger partial charge in [0, 0.05) is 46.8 Å². The highest BCUT2D eigenvalue weighted by atomic mass is 35.5. The SMILES string of the molecule is CC(C)(C)OC(=O)c1cc2cc(NC(=O)[C@H](Cc3ccc(NC(=O)N4CCCCC4)cc3)NC(=O)C(=O)Nc3cc(Cl)ccc3-n3cnnn3)ccc2[nH]1. The molecule has 5 N–H and O–H groups in total. The number of rotatable bonds is 9. The Labute approximate surface area is 314 Å². The smallest absolute Gasteiger partial charge is 0.355 e. The zero-order valence-electron chi connectivity index (χ0n) is 29.8. The Hall–Kier alpha value is -6.29. The standard InChI is InChI=1S/C37H39ClN10O6/c1-37(2,3)54-35(52)30-19-23-18-26(12-13-27(23)42-30)40-32(49)29(17-22-7-10-25(11-8-22)41-36(53)47-15-5-4-6-16-47)44-34(51)33(50)43-28-20-24(38)9-14-31(28)48-21-39-45-46-48/h7-14,18-21,29,42H,4-6,15-17H2,1-3H3,(H,40,49)(H,41,53)(H,43,50)(H,44,51)/t29-/m0/s1. The van der Waals surface area contributed by atoms with Crippen LogP contribution < -0.4 is 21.3 Å². The molecule has 6 rings (SSSR count). The molecule has 0 spiro atoms. The van der Waals surface area contributed by atoms with Crippen molar-refractivity contribution in [3.8, 4) is 5.69 Å². The second kappa shape index (κ2) is 16.2. The summed E-state index contributed by atoms with van der Waals surface area (Å²) >= 11 is 6.18. The number of carbonyl (C=O) groups excluding carboxylic acids is 5. The molecule has 1 aliphatic rings. The van der Waals surface area contributed by atoms with E-state index in [1.54, 1.807) is 86.3 Å². The minimum Gasteiger partial charge on any atom is -0.455 e. The fourth-order valence-corrected chi connectivity index (χ4v) is 6.01. The molecule has 0 bridgehead atoms. The largest absolute Gasteiger partial charge is 0.455 e. The molecule has 16 nitrogen and oxygen atoms in total. The normalized spacial score (nSPS) is 13.5. The van der Waals surface area contributed by atoms with Crippen LogP contribution in [-0.4, -0.2) is 84.5 Å². The summed E-state index contributed by atoms with van der Waals surface area (Å²) in [6.45, 7) is 6.72. The number of nitrogens with one attached hydrogen (secondary N) is 5. The minimum absolute atomic E-state index is 0.00651. The maximum atomic E-state index is 13.8. The van der Waals surface area contributed by atoms with Crippen LogP contribution >= 0.6 is 11.6 Å². The summed E-state index contributed by atoms with van der Waals surface area (Å²) in [5.41, 5.74) is 2.31. The van der Waals surface area contributed by atoms with Crippen LogP contribution in [0.5, 0.6) is 0 Å². The van der Waals surface area contributed by atoms with Crippen LogP contribution in [0.25, 0.3) is 16.6 Å². The predicted molar refractivity (Wildman–Crippen MR) is 201 cm³/mol. The maximum absolute atomic E-state index is 13.8. The molecular formula is C37H39ClN10O6. The van der Waals surface area contributed by atoms with Gasteiger partial charge < -0.3 is 35.9 Å². The van der Waals surface area contributed by atoms with Crippen LogP contribution in [0.15, 0.2) is 73.1 Å². The van der Waals surface area contributed by atoms with Gasteiger partial charge in [0.1, 0.15) is 23.7 Å². The number of piperidine rings is 1. The molecule has 3 heterocycles. The molecule has 1 saturated heterocycles. The fourth-order valence-electron chi connectivity index (χ4n) is 5.83. The molecule has 17 heteroatoms. The molecule has 0 unspecified atom stereocenters.